The Morgan fingerprint density at radius 3 is 2.74 bits per heavy atom. The SMILES string of the molecule is COc1cccc(NC(=O)COC(=O)CCc2ccc3ccccc3n2)c1. The standard InChI is InChI=1S/C21H20N2O4/c1-26-18-7-4-6-17(13-18)23-20(24)14-27-21(25)12-11-16-10-9-15-5-2-3-8-19(15)22-16/h2-10,13H,11-12,14H2,1H3,(H,23,24). The number of carbonyl (C=O) groups is 2. The van der Waals surface area contributed by atoms with Crippen molar-refractivity contribution in [3.63, 3.8) is 0 Å². The van der Waals surface area contributed by atoms with Gasteiger partial charge in [0.2, 0.25) is 0 Å². The molecule has 0 unspecified atom stereocenters. The van der Waals surface area contributed by atoms with Gasteiger partial charge in [0.1, 0.15) is 5.75 Å². The second kappa shape index (κ2) is 8.80. The number of benzene rings is 2. The second-order valence-corrected chi connectivity index (χ2v) is 5.94. The Hall–Kier alpha value is -3.41. The summed E-state index contributed by atoms with van der Waals surface area (Å²) in [6.07, 6.45) is 0.624. The van der Waals surface area contributed by atoms with E-state index in [0.717, 1.165) is 16.6 Å². The number of methoxy groups -OCH3 is 1. The molecule has 2 aromatic carbocycles. The molecule has 27 heavy (non-hydrogen) atoms. The summed E-state index contributed by atoms with van der Waals surface area (Å²) in [5, 5.41) is 3.71. The van der Waals surface area contributed by atoms with Crippen LogP contribution in [0.1, 0.15) is 12.1 Å². The van der Waals surface area contributed by atoms with Crippen LogP contribution in [-0.2, 0) is 20.7 Å². The third-order valence-electron chi connectivity index (χ3n) is 3.96. The maximum Gasteiger partial charge on any atom is 0.306 e. The number of pyridine rings is 1. The van der Waals surface area contributed by atoms with E-state index < -0.39 is 11.9 Å². The van der Waals surface area contributed by atoms with Crippen molar-refractivity contribution in [1.29, 1.82) is 0 Å². The third-order valence-corrected chi connectivity index (χ3v) is 3.96. The highest BCUT2D eigenvalue weighted by molar-refractivity contribution is 5.93. The van der Waals surface area contributed by atoms with Crippen LogP contribution in [-0.4, -0.2) is 30.6 Å². The molecule has 0 aliphatic rings. The van der Waals surface area contributed by atoms with Crippen molar-refractivity contribution >= 4 is 28.5 Å². The van der Waals surface area contributed by atoms with Crippen molar-refractivity contribution in [3.8, 4) is 5.75 Å². The molecule has 0 saturated heterocycles. The molecule has 0 spiro atoms. The van der Waals surface area contributed by atoms with Gasteiger partial charge in [-0.05, 0) is 24.3 Å². The van der Waals surface area contributed by atoms with E-state index in [4.69, 9.17) is 9.47 Å². The van der Waals surface area contributed by atoms with Crippen molar-refractivity contribution in [3.05, 3.63) is 66.4 Å². The summed E-state index contributed by atoms with van der Waals surface area (Å²) in [6.45, 7) is -0.332. The number of aromatic nitrogens is 1. The average Bonchev–Trinajstić information content (AvgIpc) is 2.70. The summed E-state index contributed by atoms with van der Waals surface area (Å²) in [4.78, 5) is 28.3. The van der Waals surface area contributed by atoms with Gasteiger partial charge in [-0.15, -0.1) is 0 Å². The summed E-state index contributed by atoms with van der Waals surface area (Å²) in [5.74, 6) is -0.209. The molecule has 1 N–H and O–H groups in total. The number of anilines is 1. The van der Waals surface area contributed by atoms with E-state index in [0.29, 0.717) is 17.9 Å². The van der Waals surface area contributed by atoms with Crippen LogP contribution in [0, 0.1) is 0 Å². The molecule has 1 aromatic heterocycles. The maximum atomic E-state index is 11.9. The first kappa shape index (κ1) is 18.4. The largest absolute Gasteiger partial charge is 0.497 e. The van der Waals surface area contributed by atoms with Crippen LogP contribution >= 0.6 is 0 Å². The summed E-state index contributed by atoms with van der Waals surface area (Å²) in [6, 6.07) is 18.6. The topological polar surface area (TPSA) is 77.5 Å². The predicted molar refractivity (Wildman–Crippen MR) is 103 cm³/mol. The number of rotatable bonds is 7. The molecule has 3 aromatic rings. The molecule has 0 radical (unpaired) electrons. The smallest absolute Gasteiger partial charge is 0.306 e. The average molecular weight is 364 g/mol. The normalized spacial score (nSPS) is 10.4. The summed E-state index contributed by atoms with van der Waals surface area (Å²) in [7, 11) is 1.55. The molecular weight excluding hydrogens is 344 g/mol. The van der Waals surface area contributed by atoms with Gasteiger partial charge in [-0.2, -0.15) is 0 Å². The highest BCUT2D eigenvalue weighted by Crippen LogP contribution is 2.16. The minimum atomic E-state index is -0.439. The van der Waals surface area contributed by atoms with Crippen LogP contribution in [0.15, 0.2) is 60.7 Å². The number of hydrogen-bond donors (Lipinski definition) is 1. The van der Waals surface area contributed by atoms with Crippen LogP contribution in [0.4, 0.5) is 5.69 Å². The Labute approximate surface area is 157 Å². The summed E-state index contributed by atoms with van der Waals surface area (Å²) >= 11 is 0. The van der Waals surface area contributed by atoms with Crippen molar-refractivity contribution in [2.45, 2.75) is 12.8 Å². The van der Waals surface area contributed by atoms with Gasteiger partial charge < -0.3 is 14.8 Å². The molecule has 6 heteroatoms. The van der Waals surface area contributed by atoms with E-state index in [1.165, 1.54) is 0 Å². The van der Waals surface area contributed by atoms with E-state index in [1.807, 2.05) is 36.4 Å². The van der Waals surface area contributed by atoms with Crippen LogP contribution < -0.4 is 10.1 Å². The van der Waals surface area contributed by atoms with Gasteiger partial charge in [-0.3, -0.25) is 14.6 Å². The van der Waals surface area contributed by atoms with Gasteiger partial charge in [0.05, 0.1) is 19.0 Å². The molecule has 0 aliphatic heterocycles. The van der Waals surface area contributed by atoms with E-state index in [-0.39, 0.29) is 13.0 Å². The molecule has 0 atom stereocenters. The fraction of sp³-hybridized carbons (Fsp3) is 0.190. The van der Waals surface area contributed by atoms with Crippen molar-refractivity contribution in [1.82, 2.24) is 4.98 Å². The van der Waals surface area contributed by atoms with Crippen molar-refractivity contribution < 1.29 is 19.1 Å². The first-order chi connectivity index (χ1) is 13.1. The lowest BCUT2D eigenvalue weighted by molar-refractivity contribution is -0.147. The number of carbonyl (C=O) groups excluding carboxylic acids is 2. The van der Waals surface area contributed by atoms with Crippen LogP contribution in [0.25, 0.3) is 10.9 Å². The number of amides is 1. The zero-order valence-corrected chi connectivity index (χ0v) is 15.0. The number of hydrogen-bond acceptors (Lipinski definition) is 5. The molecule has 3 rings (SSSR count). The number of esters is 1. The first-order valence-corrected chi connectivity index (χ1v) is 8.58. The first-order valence-electron chi connectivity index (χ1n) is 8.58. The van der Waals surface area contributed by atoms with E-state index in [2.05, 4.69) is 10.3 Å². The van der Waals surface area contributed by atoms with Crippen LogP contribution in [0.3, 0.4) is 0 Å². The molecule has 0 bridgehead atoms. The Balaban J connectivity index is 1.45. The van der Waals surface area contributed by atoms with Crippen LogP contribution in [0.2, 0.25) is 0 Å². The monoisotopic (exact) mass is 364 g/mol. The Morgan fingerprint density at radius 2 is 1.89 bits per heavy atom. The molecule has 0 saturated carbocycles. The number of nitrogens with zero attached hydrogens (tertiary/aromatic N) is 1. The number of fused-ring (bicyclic) bond motifs is 1. The van der Waals surface area contributed by atoms with Gasteiger partial charge in [0.25, 0.3) is 5.91 Å². The Morgan fingerprint density at radius 1 is 1.04 bits per heavy atom. The molecule has 138 valence electrons. The van der Waals surface area contributed by atoms with Crippen molar-refractivity contribution in [2.24, 2.45) is 0 Å². The number of nitrogens with one attached hydrogen (secondary N) is 1. The van der Waals surface area contributed by atoms with Gasteiger partial charge >= 0.3 is 5.97 Å². The predicted octanol–water partition coefficient (Wildman–Crippen LogP) is 3.36. The molecule has 1 amide bonds. The lowest BCUT2D eigenvalue weighted by Gasteiger charge is -2.08. The van der Waals surface area contributed by atoms with E-state index in [1.54, 1.807) is 31.4 Å². The molecule has 6 nitrogen and oxygen atoms in total. The van der Waals surface area contributed by atoms with Gasteiger partial charge in [0.15, 0.2) is 6.61 Å². The highest BCUT2D eigenvalue weighted by Gasteiger charge is 2.09. The van der Waals surface area contributed by atoms with E-state index in [9.17, 15) is 9.59 Å². The number of para-hydroxylation sites is 1. The zero-order valence-electron chi connectivity index (χ0n) is 15.0. The van der Waals surface area contributed by atoms with Gasteiger partial charge in [-0.25, -0.2) is 0 Å². The molecule has 0 aliphatic carbocycles. The fourth-order valence-corrected chi connectivity index (χ4v) is 2.59. The van der Waals surface area contributed by atoms with Gasteiger partial charge in [0, 0.05) is 29.3 Å². The number of aryl methyl sites for hydroxylation is 1. The summed E-state index contributed by atoms with van der Waals surface area (Å²) < 4.78 is 10.1. The minimum absolute atomic E-state index is 0.164. The lowest BCUT2D eigenvalue weighted by atomic mass is 10.1. The maximum absolute atomic E-state index is 11.9. The van der Waals surface area contributed by atoms with E-state index >= 15 is 0 Å². The fourth-order valence-electron chi connectivity index (χ4n) is 2.59. The highest BCUT2D eigenvalue weighted by atomic mass is 16.5. The Kier molecular flexibility index (Phi) is 5.99. The zero-order chi connectivity index (χ0) is 19.1. The lowest BCUT2D eigenvalue weighted by Crippen LogP contribution is -2.21. The molecule has 1 heterocycles. The third kappa shape index (κ3) is 5.28. The van der Waals surface area contributed by atoms with Gasteiger partial charge in [-0.1, -0.05) is 30.3 Å². The number of ether oxygens (including phenoxy) is 2. The molecular formula is C21H20N2O4. The Bertz CT molecular complexity index is 956. The quantitative estimate of drug-likeness (QED) is 0.651. The second-order valence-electron chi connectivity index (χ2n) is 5.94. The van der Waals surface area contributed by atoms with Crippen LogP contribution in [0.5, 0.6) is 5.75 Å². The van der Waals surface area contributed by atoms with Crippen molar-refractivity contribution in [2.75, 3.05) is 19.0 Å². The summed E-state index contributed by atoms with van der Waals surface area (Å²) in [5.41, 5.74) is 2.28. The minimum Gasteiger partial charge on any atom is -0.497 e. The molecule has 0 fully saturated rings.